The van der Waals surface area contributed by atoms with Crippen LogP contribution in [-0.2, 0) is 34.5 Å². The zero-order chi connectivity index (χ0) is 32.7. The van der Waals surface area contributed by atoms with Gasteiger partial charge in [0.2, 0.25) is 5.60 Å². The van der Waals surface area contributed by atoms with Crippen LogP contribution in [0.3, 0.4) is 0 Å². The fourth-order valence-electron chi connectivity index (χ4n) is 6.30. The SMILES string of the molecule is CC1(OC(=O)c2cccc(S(=O)(=O)O)c2)C(C2(O)CCCCC2OC(=O)c2cccc(S(=O)(=O)O)c2)CCCC1(O)C(=O)O. The van der Waals surface area contributed by atoms with Gasteiger partial charge in [-0.25, -0.2) is 14.4 Å². The third kappa shape index (κ3) is 6.23. The molecule has 2 aromatic rings. The lowest BCUT2D eigenvalue weighted by atomic mass is 9.57. The zero-order valence-electron chi connectivity index (χ0n) is 23.5. The summed E-state index contributed by atoms with van der Waals surface area (Å²) in [5, 5.41) is 33.8. The third-order valence-electron chi connectivity index (χ3n) is 8.62. The molecule has 2 aliphatic carbocycles. The maximum atomic E-state index is 13.4. The zero-order valence-corrected chi connectivity index (χ0v) is 25.1. The molecule has 0 amide bonds. The highest BCUT2D eigenvalue weighted by atomic mass is 32.2. The number of hydrogen-bond donors (Lipinski definition) is 5. The van der Waals surface area contributed by atoms with Crippen molar-refractivity contribution in [3.05, 3.63) is 59.7 Å². The molecule has 4 rings (SSSR count). The second-order valence-corrected chi connectivity index (χ2v) is 14.1. The van der Waals surface area contributed by atoms with E-state index in [1.54, 1.807) is 0 Å². The van der Waals surface area contributed by atoms with Crippen LogP contribution < -0.4 is 0 Å². The molecule has 44 heavy (non-hydrogen) atoms. The number of carbonyl (C=O) groups is 3. The van der Waals surface area contributed by atoms with Crippen molar-refractivity contribution < 1.29 is 65.1 Å². The molecule has 5 unspecified atom stereocenters. The maximum Gasteiger partial charge on any atom is 0.339 e. The summed E-state index contributed by atoms with van der Waals surface area (Å²) in [4.78, 5) is 37.8. The highest BCUT2D eigenvalue weighted by Gasteiger charge is 2.68. The van der Waals surface area contributed by atoms with Crippen LogP contribution in [0.25, 0.3) is 0 Å². The van der Waals surface area contributed by atoms with E-state index in [1.165, 1.54) is 12.1 Å². The van der Waals surface area contributed by atoms with E-state index < -0.39 is 82.3 Å². The summed E-state index contributed by atoms with van der Waals surface area (Å²) in [7, 11) is -9.37. The second-order valence-electron chi connectivity index (χ2n) is 11.2. The summed E-state index contributed by atoms with van der Waals surface area (Å²) in [6.45, 7) is 1.14. The van der Waals surface area contributed by atoms with Crippen molar-refractivity contribution in [2.75, 3.05) is 0 Å². The number of carboxylic acid groups (broad SMARTS) is 1. The van der Waals surface area contributed by atoms with Gasteiger partial charge in [-0.3, -0.25) is 9.11 Å². The normalized spacial score (nSPS) is 29.4. The maximum absolute atomic E-state index is 13.4. The smallest absolute Gasteiger partial charge is 0.339 e. The van der Waals surface area contributed by atoms with Gasteiger partial charge in [0, 0.05) is 5.92 Å². The minimum Gasteiger partial charge on any atom is -0.479 e. The van der Waals surface area contributed by atoms with Crippen LogP contribution in [-0.4, -0.2) is 82.1 Å². The molecule has 16 heteroatoms. The van der Waals surface area contributed by atoms with Gasteiger partial charge in [-0.15, -0.1) is 0 Å². The van der Waals surface area contributed by atoms with E-state index in [2.05, 4.69) is 0 Å². The first-order valence-corrected chi connectivity index (χ1v) is 16.5. The Morgan fingerprint density at radius 3 is 1.86 bits per heavy atom. The minimum atomic E-state index is -4.72. The van der Waals surface area contributed by atoms with Crippen LogP contribution in [0, 0.1) is 5.92 Å². The molecule has 0 radical (unpaired) electrons. The van der Waals surface area contributed by atoms with Crippen molar-refractivity contribution in [2.24, 2.45) is 5.92 Å². The summed E-state index contributed by atoms with van der Waals surface area (Å²) in [6, 6.07) is 8.49. The van der Waals surface area contributed by atoms with Crippen LogP contribution in [0.2, 0.25) is 0 Å². The van der Waals surface area contributed by atoms with Crippen molar-refractivity contribution >= 4 is 38.1 Å². The van der Waals surface area contributed by atoms with Gasteiger partial charge in [-0.1, -0.05) is 18.6 Å². The Morgan fingerprint density at radius 2 is 1.34 bits per heavy atom. The molecule has 0 bridgehead atoms. The molecule has 240 valence electrons. The van der Waals surface area contributed by atoms with Gasteiger partial charge in [-0.05, 0) is 81.8 Å². The molecule has 0 heterocycles. The number of hydrogen-bond acceptors (Lipinski definition) is 11. The highest BCUT2D eigenvalue weighted by molar-refractivity contribution is 7.86. The Balaban J connectivity index is 1.74. The average Bonchev–Trinajstić information content (AvgIpc) is 2.95. The predicted octanol–water partition coefficient (Wildman–Crippen LogP) is 2.24. The standard InChI is InChI=1S/C28H32O14S2/c1-26(42-24(30)18-8-5-10-20(16-18)44(38,39)40)21(11-6-14-28(26,34)25(31)32)27(33)13-3-2-12-22(27)41-23(29)17-7-4-9-19(15-17)43(35,36)37/h4-5,7-10,15-16,21-22,33-34H,2-3,6,11-14H2,1H3,(H,31,32)(H,35,36,37)(H,38,39,40). The predicted molar refractivity (Wildman–Crippen MR) is 149 cm³/mol. The molecule has 0 spiro atoms. The first kappa shape index (κ1) is 33.5. The summed E-state index contributed by atoms with van der Waals surface area (Å²) >= 11 is 0. The molecule has 0 aromatic heterocycles. The van der Waals surface area contributed by atoms with Gasteiger partial charge >= 0.3 is 17.9 Å². The van der Waals surface area contributed by atoms with Gasteiger partial charge < -0.3 is 24.8 Å². The highest BCUT2D eigenvalue weighted by Crippen LogP contribution is 2.53. The number of rotatable bonds is 8. The molecular formula is C28H32O14S2. The Labute approximate surface area is 253 Å². The molecule has 2 saturated carbocycles. The first-order chi connectivity index (χ1) is 20.3. The lowest BCUT2D eigenvalue weighted by Crippen LogP contribution is -2.71. The number of ether oxygens (including phenoxy) is 2. The number of carboxylic acids is 1. The van der Waals surface area contributed by atoms with E-state index in [0.717, 1.165) is 43.3 Å². The quantitative estimate of drug-likeness (QED) is 0.202. The molecule has 14 nitrogen and oxygen atoms in total. The first-order valence-electron chi connectivity index (χ1n) is 13.6. The van der Waals surface area contributed by atoms with E-state index in [9.17, 15) is 55.6 Å². The lowest BCUT2D eigenvalue weighted by Gasteiger charge is -2.56. The van der Waals surface area contributed by atoms with Gasteiger partial charge in [0.1, 0.15) is 11.7 Å². The third-order valence-corrected chi connectivity index (χ3v) is 10.3. The van der Waals surface area contributed by atoms with E-state index >= 15 is 0 Å². The van der Waals surface area contributed by atoms with Crippen LogP contribution in [0.4, 0.5) is 0 Å². The summed E-state index contributed by atoms with van der Waals surface area (Å²) in [5.74, 6) is -5.38. The monoisotopic (exact) mass is 656 g/mol. The van der Waals surface area contributed by atoms with E-state index in [0.29, 0.717) is 12.8 Å². The molecule has 0 aliphatic heterocycles. The van der Waals surface area contributed by atoms with Crippen molar-refractivity contribution in [1.29, 1.82) is 0 Å². The Kier molecular flexibility index (Phi) is 9.00. The number of benzene rings is 2. The topological polar surface area (TPSA) is 239 Å². The summed E-state index contributed by atoms with van der Waals surface area (Å²) < 4.78 is 76.4. The van der Waals surface area contributed by atoms with Crippen molar-refractivity contribution in [3.8, 4) is 0 Å². The second kappa shape index (κ2) is 11.8. The van der Waals surface area contributed by atoms with Crippen molar-refractivity contribution in [1.82, 2.24) is 0 Å². The lowest BCUT2D eigenvalue weighted by molar-refractivity contribution is -0.256. The van der Waals surface area contributed by atoms with Gasteiger partial charge in [0.25, 0.3) is 20.2 Å². The number of esters is 2. The fraction of sp³-hybridized carbons (Fsp3) is 0.464. The molecule has 5 atom stereocenters. The van der Waals surface area contributed by atoms with Crippen molar-refractivity contribution in [3.63, 3.8) is 0 Å². The van der Waals surface area contributed by atoms with Gasteiger partial charge in [-0.2, -0.15) is 16.8 Å². The Bertz CT molecular complexity index is 1690. The van der Waals surface area contributed by atoms with Crippen molar-refractivity contribution in [2.45, 2.75) is 84.6 Å². The van der Waals surface area contributed by atoms with Crippen LogP contribution >= 0.6 is 0 Å². The molecular weight excluding hydrogens is 624 g/mol. The van der Waals surface area contributed by atoms with Crippen LogP contribution in [0.5, 0.6) is 0 Å². The number of aliphatic carboxylic acids is 1. The van der Waals surface area contributed by atoms with Gasteiger partial charge in [0.15, 0.2) is 5.60 Å². The van der Waals surface area contributed by atoms with Gasteiger partial charge in [0.05, 0.1) is 20.9 Å². The molecule has 5 N–H and O–H groups in total. The van der Waals surface area contributed by atoms with Crippen LogP contribution in [0.1, 0.15) is 72.6 Å². The molecule has 2 aromatic carbocycles. The molecule has 2 fully saturated rings. The largest absolute Gasteiger partial charge is 0.479 e. The van der Waals surface area contributed by atoms with E-state index in [-0.39, 0.29) is 37.7 Å². The Morgan fingerprint density at radius 1 is 0.795 bits per heavy atom. The average molecular weight is 657 g/mol. The summed E-state index contributed by atoms with van der Waals surface area (Å²) in [5.41, 5.74) is -7.80. The van der Waals surface area contributed by atoms with Crippen LogP contribution in [0.15, 0.2) is 58.3 Å². The minimum absolute atomic E-state index is 0.0211. The number of carbonyl (C=O) groups excluding carboxylic acids is 2. The fourth-order valence-corrected chi connectivity index (χ4v) is 7.35. The van der Waals surface area contributed by atoms with E-state index in [1.807, 2.05) is 0 Å². The molecule has 2 aliphatic rings. The van der Waals surface area contributed by atoms with E-state index in [4.69, 9.17) is 9.47 Å². The molecule has 0 saturated heterocycles. The number of aliphatic hydroxyl groups is 2. The Hall–Kier alpha value is -3.41. The summed E-state index contributed by atoms with van der Waals surface area (Å²) in [6.07, 6.45) is -0.710.